The summed E-state index contributed by atoms with van der Waals surface area (Å²) in [5, 5.41) is 15.2. The third-order valence-corrected chi connectivity index (χ3v) is 5.92. The minimum Gasteiger partial charge on any atom is -0.410 e. The highest BCUT2D eigenvalue weighted by molar-refractivity contribution is 9.10. The lowest BCUT2D eigenvalue weighted by molar-refractivity contribution is -0.120. The fourth-order valence-corrected chi connectivity index (χ4v) is 4.07. The number of aliphatic hydroxyl groups is 1. The second kappa shape index (κ2) is 14.2. The van der Waals surface area contributed by atoms with Crippen LogP contribution in [0.25, 0.3) is 0 Å². The summed E-state index contributed by atoms with van der Waals surface area (Å²) < 4.78 is 12.5. The first kappa shape index (κ1) is 27.1. The highest BCUT2D eigenvalue weighted by Crippen LogP contribution is 2.21. The zero-order valence-corrected chi connectivity index (χ0v) is 21.0. The van der Waals surface area contributed by atoms with Crippen molar-refractivity contribution in [1.82, 2.24) is 15.5 Å². The van der Waals surface area contributed by atoms with Crippen molar-refractivity contribution in [3.05, 3.63) is 33.3 Å². The Balaban J connectivity index is 1.94. The van der Waals surface area contributed by atoms with Crippen molar-refractivity contribution in [2.75, 3.05) is 46.0 Å². The monoisotopic (exact) mass is 531 g/mol. The van der Waals surface area contributed by atoms with Gasteiger partial charge in [-0.25, -0.2) is 0 Å². The van der Waals surface area contributed by atoms with E-state index in [1.165, 1.54) is 0 Å². The number of nitrogens with zero attached hydrogens (tertiary/aromatic N) is 1. The lowest BCUT2D eigenvalue weighted by Crippen LogP contribution is -2.52. The van der Waals surface area contributed by atoms with Gasteiger partial charge in [0, 0.05) is 42.3 Å². The van der Waals surface area contributed by atoms with Gasteiger partial charge in [-0.15, -0.1) is 0 Å². The number of benzene rings is 1. The number of rotatable bonds is 9. The summed E-state index contributed by atoms with van der Waals surface area (Å²) in [7, 11) is -0.576. The van der Waals surface area contributed by atoms with Gasteiger partial charge in [0.05, 0.1) is 24.7 Å². The number of carbonyl (C=O) groups excluding carboxylic acids is 2. The van der Waals surface area contributed by atoms with Gasteiger partial charge in [-0.05, 0) is 52.9 Å². The highest BCUT2D eigenvalue weighted by Gasteiger charge is 2.33. The summed E-state index contributed by atoms with van der Waals surface area (Å²) in [6, 6.07) is 4.90. The molecule has 32 heavy (non-hydrogen) atoms. The van der Waals surface area contributed by atoms with Crippen LogP contribution in [-0.4, -0.2) is 80.9 Å². The van der Waals surface area contributed by atoms with Gasteiger partial charge in [0.2, 0.25) is 5.91 Å². The molecule has 0 bridgehead atoms. The molecule has 3 N–H and O–H groups in total. The van der Waals surface area contributed by atoms with Crippen LogP contribution in [0.1, 0.15) is 37.0 Å². The SMILES string of the molecule is CC(C)C[C@H](NC(=O)CNC(=O)c1cc(Cl)ccc1Br)B1OCCCN(CCO)CCO1. The molecular weight excluding hydrogens is 500 g/mol. The standard InChI is InChI=1S/C21H32BBrClN3O5/c1-15(2)12-19(22-31-10-3-6-27(7-9-28)8-11-32-22)26-20(29)14-25-21(30)17-13-16(24)4-5-18(17)23/h4-5,13,15,19,28H,3,6-12,14H2,1-2H3,(H,25,30)(H,26,29)/t19-/m0/s1. The van der Waals surface area contributed by atoms with Crippen molar-refractivity contribution in [1.29, 1.82) is 0 Å². The molecule has 1 saturated heterocycles. The van der Waals surface area contributed by atoms with Crippen molar-refractivity contribution in [2.24, 2.45) is 5.92 Å². The van der Waals surface area contributed by atoms with Gasteiger partial charge < -0.3 is 25.0 Å². The number of hydrogen-bond acceptors (Lipinski definition) is 6. The summed E-state index contributed by atoms with van der Waals surface area (Å²) in [5.74, 6) is -0.755. The minimum atomic E-state index is -0.576. The molecule has 178 valence electrons. The summed E-state index contributed by atoms with van der Waals surface area (Å²) in [6.07, 6.45) is 1.48. The topological polar surface area (TPSA) is 100 Å². The van der Waals surface area contributed by atoms with E-state index >= 15 is 0 Å². The Morgan fingerprint density at radius 1 is 1.28 bits per heavy atom. The average molecular weight is 533 g/mol. The Labute approximate surface area is 203 Å². The van der Waals surface area contributed by atoms with Crippen LogP contribution >= 0.6 is 27.5 Å². The molecule has 0 aliphatic carbocycles. The number of hydrogen-bond donors (Lipinski definition) is 3. The molecule has 0 spiro atoms. The van der Waals surface area contributed by atoms with E-state index in [9.17, 15) is 14.7 Å². The van der Waals surface area contributed by atoms with Crippen LogP contribution in [0.2, 0.25) is 5.02 Å². The predicted octanol–water partition coefficient (Wildman–Crippen LogP) is 2.12. The number of halogens is 2. The third-order valence-electron chi connectivity index (χ3n) is 4.99. The molecule has 11 heteroatoms. The summed E-state index contributed by atoms with van der Waals surface area (Å²) in [6.45, 7) is 7.10. The lowest BCUT2D eigenvalue weighted by atomic mass is 9.73. The van der Waals surface area contributed by atoms with Crippen molar-refractivity contribution in [3.63, 3.8) is 0 Å². The Bertz CT molecular complexity index is 758. The smallest absolute Gasteiger partial charge is 0.410 e. The molecule has 1 aliphatic rings. The normalized spacial score (nSPS) is 16.8. The molecule has 1 atom stereocenters. The molecule has 1 fully saturated rings. The Hall–Kier alpha value is -1.17. The van der Waals surface area contributed by atoms with Gasteiger partial charge in [0.1, 0.15) is 0 Å². The highest BCUT2D eigenvalue weighted by atomic mass is 79.9. The Morgan fingerprint density at radius 3 is 2.75 bits per heavy atom. The van der Waals surface area contributed by atoms with Crippen LogP contribution in [0, 0.1) is 5.92 Å². The van der Waals surface area contributed by atoms with Crippen molar-refractivity contribution in [3.8, 4) is 0 Å². The van der Waals surface area contributed by atoms with Gasteiger partial charge in [-0.2, -0.15) is 0 Å². The van der Waals surface area contributed by atoms with Gasteiger partial charge in [-0.1, -0.05) is 25.4 Å². The largest absolute Gasteiger partial charge is 0.480 e. The average Bonchev–Trinajstić information content (AvgIpc) is 2.85. The van der Waals surface area contributed by atoms with Crippen LogP contribution in [0.4, 0.5) is 0 Å². The Morgan fingerprint density at radius 2 is 2.03 bits per heavy atom. The van der Waals surface area contributed by atoms with Crippen molar-refractivity contribution >= 4 is 46.5 Å². The molecule has 1 aromatic carbocycles. The maximum absolute atomic E-state index is 12.6. The fourth-order valence-electron chi connectivity index (χ4n) is 3.47. The molecule has 0 saturated carbocycles. The molecule has 2 rings (SSSR count). The number of nitrogens with one attached hydrogen (secondary N) is 2. The number of β-amino-alcohol motifs (C(OH)–C–C–N with tert-alkyl or cyclic N) is 1. The maximum Gasteiger partial charge on any atom is 0.480 e. The molecule has 0 aromatic heterocycles. The number of carbonyl (C=O) groups is 2. The fraction of sp³-hybridized carbons (Fsp3) is 0.619. The molecule has 2 amide bonds. The second-order valence-electron chi connectivity index (χ2n) is 8.14. The predicted molar refractivity (Wildman–Crippen MR) is 129 cm³/mol. The van der Waals surface area contributed by atoms with Crippen LogP contribution in [0.5, 0.6) is 0 Å². The van der Waals surface area contributed by atoms with Gasteiger partial charge in [0.15, 0.2) is 0 Å². The molecule has 0 unspecified atom stereocenters. The summed E-state index contributed by atoms with van der Waals surface area (Å²) in [4.78, 5) is 27.2. The van der Waals surface area contributed by atoms with Gasteiger partial charge in [0.25, 0.3) is 5.91 Å². The van der Waals surface area contributed by atoms with Gasteiger partial charge in [-0.3, -0.25) is 14.5 Å². The summed E-state index contributed by atoms with van der Waals surface area (Å²) in [5.41, 5.74) is 0.361. The molecular formula is C21H32BBrClN3O5. The zero-order chi connectivity index (χ0) is 23.5. The first-order valence-electron chi connectivity index (χ1n) is 10.9. The molecule has 1 aromatic rings. The number of amides is 2. The van der Waals surface area contributed by atoms with Crippen LogP contribution in [0.15, 0.2) is 22.7 Å². The van der Waals surface area contributed by atoms with Crippen LogP contribution in [0.3, 0.4) is 0 Å². The summed E-state index contributed by atoms with van der Waals surface area (Å²) >= 11 is 9.29. The first-order valence-corrected chi connectivity index (χ1v) is 12.1. The molecule has 1 aliphatic heterocycles. The van der Waals surface area contributed by atoms with Crippen molar-refractivity contribution in [2.45, 2.75) is 32.6 Å². The minimum absolute atomic E-state index is 0.105. The third kappa shape index (κ3) is 9.37. The van der Waals surface area contributed by atoms with E-state index in [2.05, 4.69) is 45.3 Å². The van der Waals surface area contributed by atoms with E-state index in [4.69, 9.17) is 20.9 Å². The maximum atomic E-state index is 12.6. The molecule has 0 radical (unpaired) electrons. The molecule has 8 nitrogen and oxygen atoms in total. The van der Waals surface area contributed by atoms with Gasteiger partial charge >= 0.3 is 7.12 Å². The quantitative estimate of drug-likeness (QED) is 0.422. The number of aliphatic hydroxyl groups excluding tert-OH is 1. The Kier molecular flexibility index (Phi) is 12.0. The van der Waals surface area contributed by atoms with Crippen molar-refractivity contribution < 1.29 is 24.0 Å². The van der Waals surface area contributed by atoms with E-state index in [1.54, 1.807) is 18.2 Å². The second-order valence-corrected chi connectivity index (χ2v) is 9.43. The van der Waals surface area contributed by atoms with E-state index < -0.39 is 13.0 Å². The van der Waals surface area contributed by atoms with E-state index in [-0.39, 0.29) is 25.0 Å². The van der Waals surface area contributed by atoms with Crippen LogP contribution in [-0.2, 0) is 14.1 Å². The van der Waals surface area contributed by atoms with Crippen LogP contribution < -0.4 is 10.6 Å². The molecule has 1 heterocycles. The first-order chi connectivity index (χ1) is 15.3. The van der Waals surface area contributed by atoms with E-state index in [1.807, 2.05) is 0 Å². The van der Waals surface area contributed by atoms with E-state index in [0.29, 0.717) is 53.7 Å². The zero-order valence-electron chi connectivity index (χ0n) is 18.6. The van der Waals surface area contributed by atoms with E-state index in [0.717, 1.165) is 13.0 Å². The lowest BCUT2D eigenvalue weighted by Gasteiger charge is -2.26.